The van der Waals surface area contributed by atoms with Crippen molar-refractivity contribution >= 4 is 23.0 Å². The van der Waals surface area contributed by atoms with Gasteiger partial charge in [0.2, 0.25) is 0 Å². The molecule has 0 spiro atoms. The second-order valence-corrected chi connectivity index (χ2v) is 5.81. The minimum absolute atomic E-state index is 0.0321. The van der Waals surface area contributed by atoms with Crippen molar-refractivity contribution in [1.29, 1.82) is 0 Å². The summed E-state index contributed by atoms with van der Waals surface area (Å²) in [5.74, 6) is 1.16. The van der Waals surface area contributed by atoms with E-state index < -0.39 is 0 Å². The first-order valence-electron chi connectivity index (χ1n) is 8.26. The van der Waals surface area contributed by atoms with Crippen molar-refractivity contribution in [1.82, 2.24) is 5.32 Å². The molecule has 134 valence electrons. The van der Waals surface area contributed by atoms with Crippen molar-refractivity contribution < 1.29 is 13.9 Å². The van der Waals surface area contributed by atoms with Gasteiger partial charge in [-0.2, -0.15) is 0 Å². The number of halogens is 1. The van der Waals surface area contributed by atoms with Crippen LogP contribution in [0.2, 0.25) is 0 Å². The summed E-state index contributed by atoms with van der Waals surface area (Å²) in [6.07, 6.45) is 0. The van der Waals surface area contributed by atoms with Gasteiger partial charge in [0.1, 0.15) is 5.82 Å². The highest BCUT2D eigenvalue weighted by Gasteiger charge is 2.12. The number of ether oxygens (including phenoxy) is 2. The first-order valence-corrected chi connectivity index (χ1v) is 8.67. The molecule has 0 aliphatic rings. The summed E-state index contributed by atoms with van der Waals surface area (Å²) in [6, 6.07) is 11.8. The fourth-order valence-corrected chi connectivity index (χ4v) is 2.61. The monoisotopic (exact) mass is 362 g/mol. The van der Waals surface area contributed by atoms with E-state index >= 15 is 0 Å². The summed E-state index contributed by atoms with van der Waals surface area (Å²) in [7, 11) is 0. The number of rotatable bonds is 7. The Balaban J connectivity index is 2.03. The van der Waals surface area contributed by atoms with Gasteiger partial charge >= 0.3 is 0 Å². The number of anilines is 1. The molecule has 0 bridgehead atoms. The molecule has 4 nitrogen and oxygen atoms in total. The Morgan fingerprint density at radius 3 is 2.32 bits per heavy atom. The first-order chi connectivity index (χ1) is 12.0. The SMILES string of the molecule is CCOc1ccc(C(C)NC(=S)Nc2ccc(F)cc2)cc1OCC. The summed E-state index contributed by atoms with van der Waals surface area (Å²) in [4.78, 5) is 0. The first kappa shape index (κ1) is 19.0. The van der Waals surface area contributed by atoms with Gasteiger partial charge in [-0.15, -0.1) is 0 Å². The second-order valence-electron chi connectivity index (χ2n) is 5.40. The van der Waals surface area contributed by atoms with Gasteiger partial charge in [-0.05, 0) is 75.0 Å². The number of nitrogens with one attached hydrogen (secondary N) is 2. The smallest absolute Gasteiger partial charge is 0.171 e. The predicted octanol–water partition coefficient (Wildman–Crippen LogP) is 4.67. The summed E-state index contributed by atoms with van der Waals surface area (Å²) in [6.45, 7) is 7.03. The fraction of sp³-hybridized carbons (Fsp3) is 0.316. The number of hydrogen-bond acceptors (Lipinski definition) is 3. The maximum Gasteiger partial charge on any atom is 0.171 e. The highest BCUT2D eigenvalue weighted by molar-refractivity contribution is 7.80. The molecule has 6 heteroatoms. The second kappa shape index (κ2) is 9.22. The van der Waals surface area contributed by atoms with E-state index in [-0.39, 0.29) is 11.9 Å². The van der Waals surface area contributed by atoms with Crippen LogP contribution in [0.3, 0.4) is 0 Å². The van der Waals surface area contributed by atoms with Crippen molar-refractivity contribution in [3.8, 4) is 11.5 Å². The molecular weight excluding hydrogens is 339 g/mol. The summed E-state index contributed by atoms with van der Waals surface area (Å²) >= 11 is 5.32. The summed E-state index contributed by atoms with van der Waals surface area (Å²) < 4.78 is 24.2. The van der Waals surface area contributed by atoms with Gasteiger partial charge < -0.3 is 20.1 Å². The van der Waals surface area contributed by atoms with E-state index in [9.17, 15) is 4.39 Å². The van der Waals surface area contributed by atoms with Crippen LogP contribution >= 0.6 is 12.2 Å². The third kappa shape index (κ3) is 5.60. The van der Waals surface area contributed by atoms with Gasteiger partial charge in [0, 0.05) is 5.69 Å². The molecule has 0 aliphatic heterocycles. The number of benzene rings is 2. The molecule has 1 unspecified atom stereocenters. The van der Waals surface area contributed by atoms with Gasteiger partial charge in [0.05, 0.1) is 19.3 Å². The highest BCUT2D eigenvalue weighted by Crippen LogP contribution is 2.30. The Kier molecular flexibility index (Phi) is 7.01. The molecule has 0 saturated heterocycles. The van der Waals surface area contributed by atoms with Crippen LogP contribution in [0.25, 0.3) is 0 Å². The van der Waals surface area contributed by atoms with Gasteiger partial charge in [0.25, 0.3) is 0 Å². The minimum Gasteiger partial charge on any atom is -0.490 e. The van der Waals surface area contributed by atoms with Crippen LogP contribution in [0.1, 0.15) is 32.4 Å². The Morgan fingerprint density at radius 2 is 1.68 bits per heavy atom. The van der Waals surface area contributed by atoms with Gasteiger partial charge in [-0.25, -0.2) is 4.39 Å². The van der Waals surface area contributed by atoms with E-state index in [0.717, 1.165) is 17.0 Å². The molecule has 0 saturated carbocycles. The topological polar surface area (TPSA) is 42.5 Å². The number of thiocarbonyl (C=S) groups is 1. The number of hydrogen-bond donors (Lipinski definition) is 2. The maximum atomic E-state index is 12.9. The molecule has 0 amide bonds. The van der Waals surface area contributed by atoms with Gasteiger partial charge in [-0.1, -0.05) is 6.07 Å². The Bertz CT molecular complexity index is 707. The van der Waals surface area contributed by atoms with Crippen molar-refractivity contribution in [2.45, 2.75) is 26.8 Å². The van der Waals surface area contributed by atoms with Crippen LogP contribution in [0.5, 0.6) is 11.5 Å². The molecule has 2 aromatic rings. The van der Waals surface area contributed by atoms with E-state index in [1.165, 1.54) is 12.1 Å². The highest BCUT2D eigenvalue weighted by atomic mass is 32.1. The Labute approximate surface area is 153 Å². The van der Waals surface area contributed by atoms with Crippen LogP contribution in [0.15, 0.2) is 42.5 Å². The maximum absolute atomic E-state index is 12.9. The zero-order valence-electron chi connectivity index (χ0n) is 14.6. The normalized spacial score (nSPS) is 11.5. The van der Waals surface area contributed by atoms with E-state index in [0.29, 0.717) is 24.1 Å². The van der Waals surface area contributed by atoms with Crippen LogP contribution in [0.4, 0.5) is 10.1 Å². The third-order valence-electron chi connectivity index (χ3n) is 3.52. The molecule has 0 fully saturated rings. The summed E-state index contributed by atoms with van der Waals surface area (Å²) in [5, 5.41) is 6.71. The molecule has 0 aliphatic carbocycles. The van der Waals surface area contributed by atoms with Crippen molar-refractivity contribution in [2.24, 2.45) is 0 Å². The lowest BCUT2D eigenvalue weighted by Gasteiger charge is -2.19. The average Bonchev–Trinajstić information content (AvgIpc) is 2.59. The summed E-state index contributed by atoms with van der Waals surface area (Å²) in [5.41, 5.74) is 1.75. The molecule has 25 heavy (non-hydrogen) atoms. The predicted molar refractivity (Wildman–Crippen MR) is 103 cm³/mol. The molecule has 2 N–H and O–H groups in total. The lowest BCUT2D eigenvalue weighted by molar-refractivity contribution is 0.287. The van der Waals surface area contributed by atoms with Gasteiger partial charge in [0.15, 0.2) is 16.6 Å². The van der Waals surface area contributed by atoms with E-state index in [1.54, 1.807) is 12.1 Å². The minimum atomic E-state index is -0.282. The largest absolute Gasteiger partial charge is 0.490 e. The quantitative estimate of drug-likeness (QED) is 0.701. The van der Waals surface area contributed by atoms with Crippen molar-refractivity contribution in [3.05, 3.63) is 53.8 Å². The molecule has 0 radical (unpaired) electrons. The van der Waals surface area contributed by atoms with Crippen LogP contribution < -0.4 is 20.1 Å². The van der Waals surface area contributed by atoms with E-state index in [4.69, 9.17) is 21.7 Å². The molecular formula is C19H23FN2O2S. The molecule has 1 atom stereocenters. The zero-order valence-corrected chi connectivity index (χ0v) is 15.5. The Hall–Kier alpha value is -2.34. The Morgan fingerprint density at radius 1 is 1.04 bits per heavy atom. The fourth-order valence-electron chi connectivity index (χ4n) is 2.32. The molecule has 2 rings (SSSR count). The van der Waals surface area contributed by atoms with Crippen LogP contribution in [-0.2, 0) is 0 Å². The lowest BCUT2D eigenvalue weighted by atomic mass is 10.1. The zero-order chi connectivity index (χ0) is 18.2. The van der Waals surface area contributed by atoms with Gasteiger partial charge in [-0.3, -0.25) is 0 Å². The van der Waals surface area contributed by atoms with Crippen LogP contribution in [0, 0.1) is 5.82 Å². The molecule has 2 aromatic carbocycles. The standard InChI is InChI=1S/C19H23FN2O2S/c1-4-23-17-11-6-14(12-18(17)24-5-2)13(3)21-19(25)22-16-9-7-15(20)8-10-16/h6-13H,4-5H2,1-3H3,(H2,21,22,25). The van der Waals surface area contributed by atoms with Crippen molar-refractivity contribution in [2.75, 3.05) is 18.5 Å². The third-order valence-corrected chi connectivity index (χ3v) is 3.74. The van der Waals surface area contributed by atoms with Crippen LogP contribution in [-0.4, -0.2) is 18.3 Å². The average molecular weight is 362 g/mol. The van der Waals surface area contributed by atoms with Crippen molar-refractivity contribution in [3.63, 3.8) is 0 Å². The lowest BCUT2D eigenvalue weighted by Crippen LogP contribution is -2.30. The molecule has 0 aromatic heterocycles. The van der Waals surface area contributed by atoms with E-state index in [1.807, 2.05) is 39.0 Å². The van der Waals surface area contributed by atoms with E-state index in [2.05, 4.69) is 10.6 Å². The molecule has 0 heterocycles.